The van der Waals surface area contributed by atoms with Gasteiger partial charge in [0.25, 0.3) is 5.91 Å². The number of ether oxygens (including phenoxy) is 1. The monoisotopic (exact) mass is 364 g/mol. The van der Waals surface area contributed by atoms with Gasteiger partial charge in [-0.1, -0.05) is 32.0 Å². The van der Waals surface area contributed by atoms with Crippen molar-refractivity contribution in [2.45, 2.75) is 38.1 Å². The van der Waals surface area contributed by atoms with Crippen molar-refractivity contribution in [3.05, 3.63) is 64.1 Å². The second kappa shape index (κ2) is 6.48. The molecule has 4 rings (SSSR count). The quantitative estimate of drug-likeness (QED) is 0.756. The summed E-state index contributed by atoms with van der Waals surface area (Å²) in [5, 5.41) is 3.04. The Morgan fingerprint density at radius 3 is 2.78 bits per heavy atom. The lowest BCUT2D eigenvalue weighted by Crippen LogP contribution is -2.59. The Kier molecular flexibility index (Phi) is 4.25. The van der Waals surface area contributed by atoms with E-state index in [1.165, 1.54) is 11.1 Å². The van der Waals surface area contributed by atoms with E-state index in [0.29, 0.717) is 18.0 Å². The van der Waals surface area contributed by atoms with Crippen LogP contribution in [0.3, 0.4) is 0 Å². The Bertz CT molecular complexity index is 910. The minimum atomic E-state index is -0.0962. The number of carbonyl (C=O) groups excluding carboxylic acids is 1. The van der Waals surface area contributed by atoms with E-state index in [0.717, 1.165) is 18.6 Å². The number of methoxy groups -OCH3 is 1. The number of benzene rings is 2. The number of nitroso groups, excluding NO2 is 1. The molecule has 3 atom stereocenters. The van der Waals surface area contributed by atoms with Gasteiger partial charge in [-0.2, -0.15) is 0 Å². The largest absolute Gasteiger partial charge is 0.497 e. The molecule has 0 aromatic heterocycles. The summed E-state index contributed by atoms with van der Waals surface area (Å²) in [6.45, 7) is 5.20. The Morgan fingerprint density at radius 2 is 2.04 bits per heavy atom. The number of piperidine rings is 1. The molecule has 1 saturated heterocycles. The number of amides is 1. The fourth-order valence-corrected chi connectivity index (χ4v) is 4.87. The summed E-state index contributed by atoms with van der Waals surface area (Å²) in [6.07, 6.45) is 1.70. The van der Waals surface area contributed by atoms with E-state index >= 15 is 0 Å². The number of rotatable bonds is 3. The minimum absolute atomic E-state index is 0.00595. The van der Waals surface area contributed by atoms with Crippen LogP contribution in [0.25, 0.3) is 0 Å². The van der Waals surface area contributed by atoms with Gasteiger partial charge < -0.3 is 9.64 Å². The topological polar surface area (TPSA) is 59.0 Å². The smallest absolute Gasteiger partial charge is 0.256 e. The van der Waals surface area contributed by atoms with Crippen LogP contribution >= 0.6 is 0 Å². The molecule has 2 aromatic carbocycles. The number of hydrogen-bond acceptors (Lipinski definition) is 4. The molecule has 2 aliphatic rings. The highest BCUT2D eigenvalue weighted by molar-refractivity contribution is 5.99. The highest BCUT2D eigenvalue weighted by Gasteiger charge is 2.49. The van der Waals surface area contributed by atoms with Crippen LogP contribution in [0, 0.1) is 10.8 Å². The van der Waals surface area contributed by atoms with Gasteiger partial charge in [-0.15, -0.1) is 4.91 Å². The molecule has 0 radical (unpaired) electrons. The lowest BCUT2D eigenvalue weighted by Gasteiger charge is -2.54. The predicted octanol–water partition coefficient (Wildman–Crippen LogP) is 4.46. The van der Waals surface area contributed by atoms with Crippen molar-refractivity contribution in [3.8, 4) is 5.75 Å². The third kappa shape index (κ3) is 2.64. The zero-order valence-corrected chi connectivity index (χ0v) is 15.9. The van der Waals surface area contributed by atoms with Gasteiger partial charge in [0.05, 0.1) is 12.7 Å². The summed E-state index contributed by atoms with van der Waals surface area (Å²) in [5.41, 5.74) is 3.23. The zero-order chi connectivity index (χ0) is 19.2. The normalized spacial score (nSPS) is 26.3. The molecular weight excluding hydrogens is 340 g/mol. The molecule has 1 amide bonds. The molecule has 5 nitrogen and oxygen atoms in total. The first kappa shape index (κ1) is 17.7. The predicted molar refractivity (Wildman–Crippen MR) is 105 cm³/mol. The summed E-state index contributed by atoms with van der Waals surface area (Å²) in [4.78, 5) is 26.3. The van der Waals surface area contributed by atoms with Crippen LogP contribution in [0.15, 0.2) is 47.6 Å². The molecule has 1 heterocycles. The Hall–Kier alpha value is -2.69. The standard InChI is InChI=1S/C22H24N2O3/c1-14-20-12-15-8-9-16(27-3)13-18(15)22(14,2)10-11-24(20)21(25)17-6-4-5-7-19(17)23-26/h4-9,13-14,20H,10-12H2,1-3H3/t14-,20+,22+/m0/s1. The van der Waals surface area contributed by atoms with Crippen LogP contribution in [-0.2, 0) is 11.8 Å². The van der Waals surface area contributed by atoms with Crippen molar-refractivity contribution < 1.29 is 9.53 Å². The number of likely N-dealkylation sites (tertiary alicyclic amines) is 1. The maximum absolute atomic E-state index is 13.2. The van der Waals surface area contributed by atoms with Crippen molar-refractivity contribution in [1.82, 2.24) is 4.90 Å². The summed E-state index contributed by atoms with van der Waals surface area (Å²) in [5.74, 6) is 1.09. The second-order valence-electron chi connectivity index (χ2n) is 7.86. The van der Waals surface area contributed by atoms with Crippen LogP contribution in [0.4, 0.5) is 5.69 Å². The molecule has 27 heavy (non-hydrogen) atoms. The van der Waals surface area contributed by atoms with Gasteiger partial charge in [0, 0.05) is 12.6 Å². The molecule has 140 valence electrons. The Morgan fingerprint density at radius 1 is 1.26 bits per heavy atom. The van der Waals surface area contributed by atoms with Gasteiger partial charge >= 0.3 is 0 Å². The van der Waals surface area contributed by atoms with E-state index in [2.05, 4.69) is 31.2 Å². The van der Waals surface area contributed by atoms with Gasteiger partial charge in [-0.25, -0.2) is 0 Å². The molecule has 0 saturated carbocycles. The van der Waals surface area contributed by atoms with Crippen molar-refractivity contribution >= 4 is 11.6 Å². The van der Waals surface area contributed by atoms with Crippen molar-refractivity contribution in [1.29, 1.82) is 0 Å². The molecule has 2 aromatic rings. The average Bonchev–Trinajstić information content (AvgIpc) is 2.70. The lowest BCUT2D eigenvalue weighted by molar-refractivity contribution is 0.0250. The number of nitrogens with zero attached hydrogens (tertiary/aromatic N) is 2. The lowest BCUT2D eigenvalue weighted by atomic mass is 9.59. The molecule has 2 bridgehead atoms. The first-order valence-electron chi connectivity index (χ1n) is 9.40. The summed E-state index contributed by atoms with van der Waals surface area (Å²) in [6, 6.07) is 13.2. The SMILES string of the molecule is COc1ccc2c(c1)[C@]1(C)CCN(C(=O)c3ccccc3N=O)[C@H](C2)[C@@H]1C. The summed E-state index contributed by atoms with van der Waals surface area (Å²) >= 11 is 0. The van der Waals surface area contributed by atoms with Crippen molar-refractivity contribution in [2.75, 3.05) is 13.7 Å². The van der Waals surface area contributed by atoms with Gasteiger partial charge in [0.1, 0.15) is 11.4 Å². The molecule has 1 aliphatic carbocycles. The van der Waals surface area contributed by atoms with E-state index < -0.39 is 0 Å². The Balaban J connectivity index is 1.73. The highest BCUT2D eigenvalue weighted by Crippen LogP contribution is 2.49. The molecule has 0 unspecified atom stereocenters. The molecule has 1 aliphatic heterocycles. The van der Waals surface area contributed by atoms with E-state index in [9.17, 15) is 9.70 Å². The molecule has 1 fully saturated rings. The molecule has 5 heteroatoms. The van der Waals surface area contributed by atoms with Crippen molar-refractivity contribution in [2.24, 2.45) is 11.1 Å². The molecular formula is C22H24N2O3. The number of hydrogen-bond donors (Lipinski definition) is 0. The molecule has 0 spiro atoms. The Labute approximate surface area is 159 Å². The maximum atomic E-state index is 13.2. The number of carbonyl (C=O) groups is 1. The average molecular weight is 364 g/mol. The second-order valence-corrected chi connectivity index (χ2v) is 7.86. The van der Waals surface area contributed by atoms with E-state index in [-0.39, 0.29) is 23.1 Å². The van der Waals surface area contributed by atoms with Gasteiger partial charge in [0.2, 0.25) is 0 Å². The highest BCUT2D eigenvalue weighted by atomic mass is 16.5. The van der Waals surface area contributed by atoms with Crippen LogP contribution < -0.4 is 4.74 Å². The van der Waals surface area contributed by atoms with Crippen LogP contribution in [-0.4, -0.2) is 30.5 Å². The molecule has 0 N–H and O–H groups in total. The van der Waals surface area contributed by atoms with Gasteiger partial charge in [-0.05, 0) is 64.7 Å². The van der Waals surface area contributed by atoms with Gasteiger partial charge in [-0.3, -0.25) is 4.79 Å². The zero-order valence-electron chi connectivity index (χ0n) is 15.9. The van der Waals surface area contributed by atoms with E-state index in [1.807, 2.05) is 11.0 Å². The summed E-state index contributed by atoms with van der Waals surface area (Å²) in [7, 11) is 1.69. The van der Waals surface area contributed by atoms with Gasteiger partial charge in [0.15, 0.2) is 0 Å². The van der Waals surface area contributed by atoms with Crippen LogP contribution in [0.5, 0.6) is 5.75 Å². The van der Waals surface area contributed by atoms with Crippen molar-refractivity contribution in [3.63, 3.8) is 0 Å². The minimum Gasteiger partial charge on any atom is -0.497 e. The fraction of sp³-hybridized carbons (Fsp3) is 0.409. The summed E-state index contributed by atoms with van der Waals surface area (Å²) < 4.78 is 5.44. The fourth-order valence-electron chi connectivity index (χ4n) is 4.87. The first-order chi connectivity index (χ1) is 13.0. The van der Waals surface area contributed by atoms with E-state index in [1.54, 1.807) is 31.4 Å². The third-order valence-electron chi connectivity index (χ3n) is 6.71. The first-order valence-corrected chi connectivity index (χ1v) is 9.40. The maximum Gasteiger partial charge on any atom is 0.256 e. The van der Waals surface area contributed by atoms with Crippen LogP contribution in [0.2, 0.25) is 0 Å². The van der Waals surface area contributed by atoms with E-state index in [4.69, 9.17) is 4.74 Å². The number of fused-ring (bicyclic) bond motifs is 4. The van der Waals surface area contributed by atoms with Crippen LogP contribution in [0.1, 0.15) is 41.8 Å². The third-order valence-corrected chi connectivity index (χ3v) is 6.71.